The molecule has 0 saturated heterocycles. The van der Waals surface area contributed by atoms with Crippen LogP contribution in [0, 0.1) is 0 Å². The molecule has 0 radical (unpaired) electrons. The fraction of sp³-hybridized carbons (Fsp3) is 0.600. The van der Waals surface area contributed by atoms with Crippen LogP contribution in [0.25, 0.3) is 0 Å². The number of halogens is 1. The van der Waals surface area contributed by atoms with Crippen molar-refractivity contribution in [2.24, 2.45) is 0 Å². The highest BCUT2D eigenvalue weighted by Gasteiger charge is 2.34. The van der Waals surface area contributed by atoms with Gasteiger partial charge in [-0.25, -0.2) is 0 Å². The van der Waals surface area contributed by atoms with Crippen molar-refractivity contribution in [2.75, 3.05) is 26.0 Å². The number of carbonyl (C=O) groups excluding carboxylic acids is 2. The summed E-state index contributed by atoms with van der Waals surface area (Å²) in [6, 6.07) is 5.43. The molecular formula is C20H28ClN3O2S. The van der Waals surface area contributed by atoms with E-state index in [1.165, 1.54) is 37.4 Å². The lowest BCUT2D eigenvalue weighted by Crippen LogP contribution is -2.52. The summed E-state index contributed by atoms with van der Waals surface area (Å²) < 4.78 is 0. The van der Waals surface area contributed by atoms with Crippen LogP contribution in [0.3, 0.4) is 0 Å². The second kappa shape index (κ2) is 8.84. The summed E-state index contributed by atoms with van der Waals surface area (Å²) in [6.45, 7) is 0.643. The van der Waals surface area contributed by atoms with Gasteiger partial charge in [0, 0.05) is 28.4 Å². The van der Waals surface area contributed by atoms with Gasteiger partial charge in [0.25, 0.3) is 0 Å². The van der Waals surface area contributed by atoms with E-state index < -0.39 is 5.25 Å². The van der Waals surface area contributed by atoms with Gasteiger partial charge in [-0.1, -0.05) is 37.3 Å². The maximum absolute atomic E-state index is 12.6. The molecule has 0 spiro atoms. The molecule has 0 aromatic heterocycles. The van der Waals surface area contributed by atoms with E-state index >= 15 is 0 Å². The Morgan fingerprint density at radius 3 is 2.67 bits per heavy atom. The molecule has 7 heteroatoms. The van der Waals surface area contributed by atoms with Gasteiger partial charge < -0.3 is 15.5 Å². The van der Waals surface area contributed by atoms with Gasteiger partial charge >= 0.3 is 0 Å². The lowest BCUT2D eigenvalue weighted by molar-refractivity contribution is -0.124. The van der Waals surface area contributed by atoms with E-state index in [-0.39, 0.29) is 23.8 Å². The number of amides is 2. The van der Waals surface area contributed by atoms with E-state index in [9.17, 15) is 9.59 Å². The molecule has 1 heterocycles. The third-order valence-corrected chi connectivity index (χ3v) is 7.24. The van der Waals surface area contributed by atoms with Gasteiger partial charge in [0.05, 0.1) is 10.9 Å². The zero-order chi connectivity index (χ0) is 19.4. The second-order valence-electron chi connectivity index (χ2n) is 7.75. The molecule has 148 valence electrons. The quantitative estimate of drug-likeness (QED) is 0.723. The van der Waals surface area contributed by atoms with E-state index in [0.29, 0.717) is 11.6 Å². The monoisotopic (exact) mass is 409 g/mol. The number of hydrogen-bond donors (Lipinski definition) is 2. The minimum atomic E-state index is -0.414. The van der Waals surface area contributed by atoms with Crippen LogP contribution in [0.4, 0.5) is 5.69 Å². The molecule has 2 aliphatic rings. The van der Waals surface area contributed by atoms with Crippen molar-refractivity contribution in [3.05, 3.63) is 23.2 Å². The van der Waals surface area contributed by atoms with Crippen LogP contribution >= 0.6 is 23.4 Å². The predicted molar refractivity (Wildman–Crippen MR) is 111 cm³/mol. The van der Waals surface area contributed by atoms with Gasteiger partial charge in [0.15, 0.2) is 0 Å². The van der Waals surface area contributed by atoms with E-state index in [1.54, 1.807) is 12.1 Å². The summed E-state index contributed by atoms with van der Waals surface area (Å²) >= 11 is 7.41. The first-order chi connectivity index (χ1) is 12.9. The fourth-order valence-corrected chi connectivity index (χ4v) is 5.19. The lowest BCUT2D eigenvalue weighted by atomic mass is 9.88. The van der Waals surface area contributed by atoms with Crippen molar-refractivity contribution < 1.29 is 9.59 Å². The predicted octanol–water partition coefficient (Wildman–Crippen LogP) is 3.91. The Kier molecular flexibility index (Phi) is 6.71. The molecule has 0 bridgehead atoms. The summed E-state index contributed by atoms with van der Waals surface area (Å²) in [5, 5.41) is 6.14. The Bertz CT molecular complexity index is 702. The molecule has 1 aliphatic heterocycles. The summed E-state index contributed by atoms with van der Waals surface area (Å²) in [4.78, 5) is 28.1. The zero-order valence-corrected chi connectivity index (χ0v) is 17.6. The largest absolute Gasteiger partial charge is 0.354 e. The topological polar surface area (TPSA) is 61.4 Å². The minimum Gasteiger partial charge on any atom is -0.354 e. The van der Waals surface area contributed by atoms with Crippen LogP contribution in [-0.4, -0.2) is 48.1 Å². The third kappa shape index (κ3) is 4.98. The summed E-state index contributed by atoms with van der Waals surface area (Å²) in [6.07, 6.45) is 7.34. The van der Waals surface area contributed by atoms with Crippen molar-refractivity contribution in [1.29, 1.82) is 0 Å². The van der Waals surface area contributed by atoms with Crippen LogP contribution in [0.5, 0.6) is 0 Å². The van der Waals surface area contributed by atoms with Crippen molar-refractivity contribution in [1.82, 2.24) is 10.2 Å². The van der Waals surface area contributed by atoms with Gasteiger partial charge in [-0.2, -0.15) is 0 Å². The van der Waals surface area contributed by atoms with E-state index in [0.717, 1.165) is 23.4 Å². The first-order valence-electron chi connectivity index (χ1n) is 9.61. The highest BCUT2D eigenvalue weighted by Crippen LogP contribution is 2.38. The van der Waals surface area contributed by atoms with Gasteiger partial charge in [-0.05, 0) is 45.1 Å². The number of benzene rings is 1. The Balaban J connectivity index is 1.58. The number of rotatable bonds is 5. The van der Waals surface area contributed by atoms with E-state index in [2.05, 4.69) is 29.6 Å². The standard InChI is InChI=1S/C20H28ClN3O2S/c1-24(2)20(9-5-3-4-6-10-20)13-22-18(25)12-17-19(26)23-15-11-14(21)7-8-16(15)27-17/h7-8,11,17H,3-6,9-10,12-13H2,1-2H3,(H,22,25)(H,23,26). The molecule has 1 atom stereocenters. The van der Waals surface area contributed by atoms with Crippen molar-refractivity contribution >= 4 is 40.9 Å². The molecule has 2 amide bonds. The molecular weight excluding hydrogens is 382 g/mol. The zero-order valence-electron chi connectivity index (χ0n) is 16.0. The summed E-state index contributed by atoms with van der Waals surface area (Å²) in [7, 11) is 4.20. The van der Waals surface area contributed by atoms with Gasteiger partial charge in [0.1, 0.15) is 0 Å². The summed E-state index contributed by atoms with van der Waals surface area (Å²) in [5.41, 5.74) is 0.747. The van der Waals surface area contributed by atoms with Crippen LogP contribution in [0.2, 0.25) is 5.02 Å². The fourth-order valence-electron chi connectivity index (χ4n) is 3.93. The van der Waals surface area contributed by atoms with Crippen LogP contribution in [0.1, 0.15) is 44.9 Å². The first kappa shape index (κ1) is 20.5. The molecule has 1 saturated carbocycles. The smallest absolute Gasteiger partial charge is 0.238 e. The van der Waals surface area contributed by atoms with Gasteiger partial charge in [0.2, 0.25) is 11.8 Å². The maximum atomic E-state index is 12.6. The molecule has 2 N–H and O–H groups in total. The number of nitrogens with zero attached hydrogens (tertiary/aromatic N) is 1. The first-order valence-corrected chi connectivity index (χ1v) is 10.9. The van der Waals surface area contributed by atoms with E-state index in [1.807, 2.05) is 6.07 Å². The normalized spacial score (nSPS) is 21.9. The minimum absolute atomic E-state index is 0.0253. The number of nitrogens with one attached hydrogen (secondary N) is 2. The van der Waals surface area contributed by atoms with E-state index in [4.69, 9.17) is 11.6 Å². The maximum Gasteiger partial charge on any atom is 0.238 e. The van der Waals surface area contributed by atoms with Crippen LogP contribution in [0.15, 0.2) is 23.1 Å². The highest BCUT2D eigenvalue weighted by atomic mass is 35.5. The van der Waals surface area contributed by atoms with Crippen molar-refractivity contribution in [3.8, 4) is 0 Å². The lowest BCUT2D eigenvalue weighted by Gasteiger charge is -2.39. The number of hydrogen-bond acceptors (Lipinski definition) is 4. The Hall–Kier alpha value is -1.24. The average Bonchev–Trinajstić information content (AvgIpc) is 2.87. The average molecular weight is 410 g/mol. The molecule has 3 rings (SSSR count). The van der Waals surface area contributed by atoms with Gasteiger partial charge in [-0.15, -0.1) is 11.8 Å². The Labute approximate surface area is 170 Å². The molecule has 1 aromatic carbocycles. The van der Waals surface area contributed by atoms with Crippen molar-refractivity contribution in [2.45, 2.75) is 60.6 Å². The van der Waals surface area contributed by atoms with Crippen molar-refractivity contribution in [3.63, 3.8) is 0 Å². The number of carbonyl (C=O) groups is 2. The number of anilines is 1. The second-order valence-corrected chi connectivity index (χ2v) is 9.43. The van der Waals surface area contributed by atoms with Gasteiger partial charge in [-0.3, -0.25) is 9.59 Å². The molecule has 27 heavy (non-hydrogen) atoms. The third-order valence-electron chi connectivity index (χ3n) is 5.73. The number of fused-ring (bicyclic) bond motifs is 1. The SMILES string of the molecule is CN(C)C1(CNC(=O)CC2Sc3ccc(Cl)cc3NC2=O)CCCCCC1. The summed E-state index contributed by atoms with van der Waals surface area (Å²) in [5.74, 6) is -0.202. The highest BCUT2D eigenvalue weighted by molar-refractivity contribution is 8.01. The molecule has 1 unspecified atom stereocenters. The number of thioether (sulfide) groups is 1. The number of likely N-dealkylation sites (N-methyl/N-ethyl adjacent to an activating group) is 1. The Morgan fingerprint density at radius 1 is 1.30 bits per heavy atom. The van der Waals surface area contributed by atoms with Crippen LogP contribution < -0.4 is 10.6 Å². The Morgan fingerprint density at radius 2 is 2.00 bits per heavy atom. The molecule has 1 fully saturated rings. The molecule has 5 nitrogen and oxygen atoms in total. The molecule has 1 aromatic rings. The van der Waals surface area contributed by atoms with Crippen LogP contribution in [-0.2, 0) is 9.59 Å². The molecule has 1 aliphatic carbocycles.